The fraction of sp³-hybridized carbons (Fsp3) is 0.600. The number of nitrogens with one attached hydrogen (secondary N) is 2. The first kappa shape index (κ1) is 21.5. The number of methoxy groups -OCH3 is 1. The van der Waals surface area contributed by atoms with Crippen LogP contribution in [0.15, 0.2) is 18.2 Å². The van der Waals surface area contributed by atoms with Gasteiger partial charge in [0.2, 0.25) is 5.91 Å². The van der Waals surface area contributed by atoms with Crippen LogP contribution in [0.3, 0.4) is 0 Å². The molecule has 2 heterocycles. The normalized spacial score (nSPS) is 18.0. The number of ether oxygens (including phenoxy) is 1. The predicted octanol–water partition coefficient (Wildman–Crippen LogP) is 2.93. The Hall–Kier alpha value is -2.19. The average Bonchev–Trinajstić information content (AvgIpc) is 3.45. The topological polar surface area (TPSA) is 94.0 Å². The van der Waals surface area contributed by atoms with Gasteiger partial charge in [0.05, 0.1) is 7.11 Å². The lowest BCUT2D eigenvalue weighted by Gasteiger charge is -2.27. The van der Waals surface area contributed by atoms with Crippen LogP contribution >= 0.6 is 12.4 Å². The fourth-order valence-corrected chi connectivity index (χ4v) is 3.98. The molecule has 1 aliphatic heterocycles. The van der Waals surface area contributed by atoms with E-state index in [1.807, 2.05) is 18.2 Å². The number of hydrogen-bond acceptors (Lipinski definition) is 6. The number of hydrogen-bond donors (Lipinski definition) is 2. The van der Waals surface area contributed by atoms with E-state index in [-0.39, 0.29) is 18.3 Å². The summed E-state index contributed by atoms with van der Waals surface area (Å²) in [5.41, 5.74) is 1.48. The molecule has 0 spiro atoms. The molecule has 8 nitrogen and oxygen atoms in total. The molecule has 2 aromatic rings. The van der Waals surface area contributed by atoms with Crippen LogP contribution in [0.4, 0.5) is 5.69 Å². The molecular formula is C20H29ClN6O2. The average molecular weight is 421 g/mol. The summed E-state index contributed by atoms with van der Waals surface area (Å²) in [5.74, 6) is 2.96. The van der Waals surface area contributed by atoms with Crippen molar-refractivity contribution in [3.8, 4) is 11.4 Å². The van der Waals surface area contributed by atoms with Crippen LogP contribution < -0.4 is 15.4 Å². The molecule has 1 aliphatic carbocycles. The van der Waals surface area contributed by atoms with E-state index in [4.69, 9.17) is 4.74 Å². The first-order valence-electron chi connectivity index (χ1n) is 10.1. The summed E-state index contributed by atoms with van der Waals surface area (Å²) in [6, 6.07) is 5.59. The third kappa shape index (κ3) is 5.05. The van der Waals surface area contributed by atoms with Gasteiger partial charge in [-0.15, -0.1) is 17.5 Å². The van der Waals surface area contributed by atoms with Crippen molar-refractivity contribution < 1.29 is 9.53 Å². The highest BCUT2D eigenvalue weighted by Crippen LogP contribution is 2.40. The van der Waals surface area contributed by atoms with Crippen molar-refractivity contribution in [1.29, 1.82) is 0 Å². The molecule has 1 saturated carbocycles. The van der Waals surface area contributed by atoms with Gasteiger partial charge in [0.1, 0.15) is 11.4 Å². The number of piperidine rings is 1. The summed E-state index contributed by atoms with van der Waals surface area (Å²) in [4.78, 5) is 12.6. The minimum atomic E-state index is 0. The number of carbonyl (C=O) groups is 1. The Labute approximate surface area is 177 Å². The third-order valence-electron chi connectivity index (χ3n) is 5.82. The van der Waals surface area contributed by atoms with Crippen molar-refractivity contribution in [2.75, 3.05) is 25.5 Å². The number of aromatic nitrogens is 4. The highest BCUT2D eigenvalue weighted by Gasteiger charge is 2.31. The van der Waals surface area contributed by atoms with E-state index in [1.54, 1.807) is 11.8 Å². The van der Waals surface area contributed by atoms with E-state index < -0.39 is 0 Å². The summed E-state index contributed by atoms with van der Waals surface area (Å²) in [7, 11) is 1.62. The van der Waals surface area contributed by atoms with Crippen molar-refractivity contribution >= 4 is 24.0 Å². The number of rotatable bonds is 7. The van der Waals surface area contributed by atoms with Gasteiger partial charge in [-0.3, -0.25) is 4.79 Å². The summed E-state index contributed by atoms with van der Waals surface area (Å²) in [6.07, 6.45) is 5.03. The zero-order chi connectivity index (χ0) is 19.5. The van der Waals surface area contributed by atoms with Crippen molar-refractivity contribution in [3.05, 3.63) is 24.0 Å². The molecule has 0 radical (unpaired) electrons. The Balaban J connectivity index is 0.00000240. The molecular weight excluding hydrogens is 392 g/mol. The summed E-state index contributed by atoms with van der Waals surface area (Å²) in [5, 5.41) is 18.6. The molecule has 1 unspecified atom stereocenters. The van der Waals surface area contributed by atoms with E-state index >= 15 is 0 Å². The van der Waals surface area contributed by atoms with Gasteiger partial charge >= 0.3 is 0 Å². The quantitative estimate of drug-likeness (QED) is 0.715. The second-order valence-corrected chi connectivity index (χ2v) is 7.93. The van der Waals surface area contributed by atoms with E-state index in [9.17, 15) is 4.79 Å². The molecule has 0 bridgehead atoms. The van der Waals surface area contributed by atoms with E-state index in [1.165, 1.54) is 0 Å². The largest absolute Gasteiger partial charge is 0.494 e. The smallest absolute Gasteiger partial charge is 0.224 e. The van der Waals surface area contributed by atoms with Crippen molar-refractivity contribution in [2.24, 2.45) is 11.8 Å². The van der Waals surface area contributed by atoms with Crippen LogP contribution in [-0.2, 0) is 4.79 Å². The Morgan fingerprint density at radius 3 is 2.76 bits per heavy atom. The molecule has 1 amide bonds. The van der Waals surface area contributed by atoms with Crippen LogP contribution in [0.2, 0.25) is 0 Å². The SMILES string of the molecule is COc1ccc(NC(=O)CC(C)C2CCNCC2)cc1-n1nnnc1C1CC1.Cl. The third-order valence-corrected chi connectivity index (χ3v) is 5.82. The molecule has 4 rings (SSSR count). The molecule has 1 atom stereocenters. The predicted molar refractivity (Wildman–Crippen MR) is 113 cm³/mol. The Morgan fingerprint density at radius 2 is 2.07 bits per heavy atom. The zero-order valence-corrected chi connectivity index (χ0v) is 17.7. The highest BCUT2D eigenvalue weighted by molar-refractivity contribution is 5.91. The number of benzene rings is 1. The van der Waals surface area contributed by atoms with Gasteiger partial charge in [0, 0.05) is 18.0 Å². The summed E-state index contributed by atoms with van der Waals surface area (Å²) >= 11 is 0. The molecule has 9 heteroatoms. The van der Waals surface area contributed by atoms with Crippen LogP contribution in [-0.4, -0.2) is 46.3 Å². The Bertz CT molecular complexity index is 832. The van der Waals surface area contributed by atoms with Gasteiger partial charge < -0.3 is 15.4 Å². The maximum absolute atomic E-state index is 12.6. The van der Waals surface area contributed by atoms with Gasteiger partial charge in [-0.1, -0.05) is 6.92 Å². The lowest BCUT2D eigenvalue weighted by molar-refractivity contribution is -0.117. The van der Waals surface area contributed by atoms with Crippen molar-refractivity contribution in [1.82, 2.24) is 25.5 Å². The first-order chi connectivity index (χ1) is 13.7. The van der Waals surface area contributed by atoms with Crippen LogP contribution in [0.1, 0.15) is 50.8 Å². The lowest BCUT2D eigenvalue weighted by atomic mass is 9.84. The van der Waals surface area contributed by atoms with Gasteiger partial charge in [-0.25, -0.2) is 0 Å². The van der Waals surface area contributed by atoms with Gasteiger partial charge in [0.15, 0.2) is 5.82 Å². The second kappa shape index (κ2) is 9.54. The molecule has 2 N–H and O–H groups in total. The monoisotopic (exact) mass is 420 g/mol. The summed E-state index contributed by atoms with van der Waals surface area (Å²) in [6.45, 7) is 4.28. The molecule has 1 aromatic heterocycles. The van der Waals surface area contributed by atoms with E-state index in [0.717, 1.165) is 56.0 Å². The van der Waals surface area contributed by atoms with Crippen molar-refractivity contribution in [3.63, 3.8) is 0 Å². The lowest BCUT2D eigenvalue weighted by Crippen LogP contribution is -2.32. The number of halogens is 1. The van der Waals surface area contributed by atoms with E-state index in [2.05, 4.69) is 33.1 Å². The minimum Gasteiger partial charge on any atom is -0.494 e. The Morgan fingerprint density at radius 1 is 1.31 bits per heavy atom. The fourth-order valence-electron chi connectivity index (χ4n) is 3.98. The number of nitrogens with zero attached hydrogens (tertiary/aromatic N) is 4. The number of carbonyl (C=O) groups excluding carboxylic acids is 1. The second-order valence-electron chi connectivity index (χ2n) is 7.93. The first-order valence-corrected chi connectivity index (χ1v) is 10.1. The maximum atomic E-state index is 12.6. The maximum Gasteiger partial charge on any atom is 0.224 e. The molecule has 29 heavy (non-hydrogen) atoms. The molecule has 1 aromatic carbocycles. The zero-order valence-electron chi connectivity index (χ0n) is 16.9. The molecule has 2 fully saturated rings. The molecule has 2 aliphatic rings. The Kier molecular flexibility index (Phi) is 7.08. The van der Waals surface area contributed by atoms with Crippen LogP contribution in [0, 0.1) is 11.8 Å². The van der Waals surface area contributed by atoms with Crippen LogP contribution in [0.25, 0.3) is 5.69 Å². The number of anilines is 1. The number of tetrazole rings is 1. The van der Waals surface area contributed by atoms with Gasteiger partial charge in [-0.2, -0.15) is 4.68 Å². The highest BCUT2D eigenvalue weighted by atomic mass is 35.5. The van der Waals surface area contributed by atoms with Gasteiger partial charge in [0.25, 0.3) is 0 Å². The molecule has 1 saturated heterocycles. The number of amides is 1. The van der Waals surface area contributed by atoms with Crippen LogP contribution in [0.5, 0.6) is 5.75 Å². The van der Waals surface area contributed by atoms with Crippen molar-refractivity contribution in [2.45, 2.75) is 44.9 Å². The van der Waals surface area contributed by atoms with Gasteiger partial charge in [-0.05, 0) is 79.2 Å². The summed E-state index contributed by atoms with van der Waals surface area (Å²) < 4.78 is 7.22. The molecule has 158 valence electrons. The minimum absolute atomic E-state index is 0. The van der Waals surface area contributed by atoms with E-state index in [0.29, 0.717) is 29.9 Å². The standard InChI is InChI=1S/C20H28N6O2.ClH/c1-13(14-7-9-21-10-8-14)11-19(27)22-16-5-6-18(28-2)17(12-16)26-20(15-3-4-15)23-24-25-26;/h5-6,12-15,21H,3-4,7-11H2,1-2H3,(H,22,27);1H.